The molecule has 0 aliphatic carbocycles. The van der Waals surface area contributed by atoms with Gasteiger partial charge in [-0.2, -0.15) is 0 Å². The predicted molar refractivity (Wildman–Crippen MR) is 101 cm³/mol. The van der Waals surface area contributed by atoms with Crippen molar-refractivity contribution in [2.24, 2.45) is 10.8 Å². The molecule has 26 heavy (non-hydrogen) atoms. The van der Waals surface area contributed by atoms with E-state index in [0.29, 0.717) is 19.4 Å². The first-order chi connectivity index (χ1) is 12.3. The van der Waals surface area contributed by atoms with Crippen LogP contribution in [-0.2, 0) is 16.1 Å². The average Bonchev–Trinajstić information content (AvgIpc) is 2.58. The molecule has 1 aromatic rings. The quantitative estimate of drug-likeness (QED) is 0.834. The Kier molecular flexibility index (Phi) is 5.35. The van der Waals surface area contributed by atoms with E-state index >= 15 is 0 Å². The van der Waals surface area contributed by atoms with Crippen LogP contribution in [0.15, 0.2) is 24.5 Å². The molecule has 2 amide bonds. The van der Waals surface area contributed by atoms with Crippen LogP contribution in [0.1, 0.15) is 58.4 Å². The normalized spacial score (nSPS) is 24.2. The van der Waals surface area contributed by atoms with Gasteiger partial charge in [0.1, 0.15) is 0 Å². The topological polar surface area (TPSA) is 53.5 Å². The molecule has 0 saturated carbocycles. The lowest BCUT2D eigenvalue weighted by Crippen LogP contribution is -2.55. The molecule has 142 valence electrons. The van der Waals surface area contributed by atoms with Crippen LogP contribution in [0.2, 0.25) is 0 Å². The third-order valence-corrected chi connectivity index (χ3v) is 5.54. The number of hydrogen-bond acceptors (Lipinski definition) is 3. The second-order valence-corrected chi connectivity index (χ2v) is 9.27. The zero-order valence-electron chi connectivity index (χ0n) is 16.3. The minimum absolute atomic E-state index is 0.0105. The zero-order chi connectivity index (χ0) is 18.8. The Morgan fingerprint density at radius 3 is 2.77 bits per heavy atom. The van der Waals surface area contributed by atoms with Crippen molar-refractivity contribution >= 4 is 11.8 Å². The van der Waals surface area contributed by atoms with Crippen LogP contribution in [0.3, 0.4) is 0 Å². The molecule has 3 rings (SSSR count). The van der Waals surface area contributed by atoms with E-state index in [1.165, 1.54) is 0 Å². The number of rotatable bonds is 3. The Labute approximate surface area is 156 Å². The molecule has 0 N–H and O–H groups in total. The maximum absolute atomic E-state index is 12.7. The monoisotopic (exact) mass is 357 g/mol. The fourth-order valence-corrected chi connectivity index (χ4v) is 4.28. The molecule has 2 fully saturated rings. The van der Waals surface area contributed by atoms with Crippen LogP contribution < -0.4 is 0 Å². The van der Waals surface area contributed by atoms with Crippen LogP contribution in [-0.4, -0.2) is 46.2 Å². The van der Waals surface area contributed by atoms with Gasteiger partial charge in [-0.05, 0) is 36.3 Å². The highest BCUT2D eigenvalue weighted by Gasteiger charge is 2.42. The molecule has 2 aliphatic rings. The third kappa shape index (κ3) is 4.63. The van der Waals surface area contributed by atoms with Gasteiger partial charge in [0, 0.05) is 56.8 Å². The van der Waals surface area contributed by atoms with Gasteiger partial charge in [-0.25, -0.2) is 0 Å². The molecule has 0 radical (unpaired) electrons. The van der Waals surface area contributed by atoms with E-state index in [9.17, 15) is 9.59 Å². The Balaban J connectivity index is 1.68. The maximum atomic E-state index is 12.7. The van der Waals surface area contributed by atoms with Crippen molar-refractivity contribution < 1.29 is 9.59 Å². The molecule has 1 spiro atoms. The lowest BCUT2D eigenvalue weighted by Gasteiger charge is -2.48. The van der Waals surface area contributed by atoms with Crippen molar-refractivity contribution in [1.82, 2.24) is 14.8 Å². The first-order valence-corrected chi connectivity index (χ1v) is 9.71. The zero-order valence-corrected chi connectivity index (χ0v) is 16.3. The van der Waals surface area contributed by atoms with Crippen molar-refractivity contribution in [3.05, 3.63) is 30.1 Å². The Morgan fingerprint density at radius 2 is 2.08 bits per heavy atom. The smallest absolute Gasteiger partial charge is 0.223 e. The number of pyridine rings is 1. The molecule has 2 aliphatic heterocycles. The van der Waals surface area contributed by atoms with Gasteiger partial charge in [-0.3, -0.25) is 14.6 Å². The van der Waals surface area contributed by atoms with E-state index in [2.05, 4.69) is 25.8 Å². The van der Waals surface area contributed by atoms with Crippen molar-refractivity contribution in [3.8, 4) is 0 Å². The van der Waals surface area contributed by atoms with E-state index in [-0.39, 0.29) is 22.6 Å². The number of carbonyl (C=O) groups is 2. The Hall–Kier alpha value is -1.91. The van der Waals surface area contributed by atoms with Gasteiger partial charge in [-0.15, -0.1) is 0 Å². The molecule has 1 aromatic heterocycles. The SMILES string of the molecule is CC(C)(C)CC(=O)N1CCCC2(CCC(=O)N(Cc3cccnc3)C2)C1. The summed E-state index contributed by atoms with van der Waals surface area (Å²) >= 11 is 0. The van der Waals surface area contributed by atoms with Crippen molar-refractivity contribution in [2.75, 3.05) is 19.6 Å². The minimum Gasteiger partial charge on any atom is -0.342 e. The second kappa shape index (κ2) is 7.37. The first kappa shape index (κ1) is 18.9. The lowest BCUT2D eigenvalue weighted by molar-refractivity contribution is -0.144. The summed E-state index contributed by atoms with van der Waals surface area (Å²) < 4.78 is 0. The van der Waals surface area contributed by atoms with Crippen LogP contribution in [0.5, 0.6) is 0 Å². The van der Waals surface area contributed by atoms with Crippen LogP contribution >= 0.6 is 0 Å². The lowest BCUT2D eigenvalue weighted by atomic mass is 9.73. The summed E-state index contributed by atoms with van der Waals surface area (Å²) in [7, 11) is 0. The summed E-state index contributed by atoms with van der Waals surface area (Å²) in [6.07, 6.45) is 7.78. The highest BCUT2D eigenvalue weighted by Crippen LogP contribution is 2.39. The van der Waals surface area contributed by atoms with Gasteiger partial charge in [0.15, 0.2) is 0 Å². The highest BCUT2D eigenvalue weighted by atomic mass is 16.2. The number of amides is 2. The van der Waals surface area contributed by atoms with Crippen molar-refractivity contribution in [2.45, 2.75) is 59.4 Å². The van der Waals surface area contributed by atoms with Gasteiger partial charge in [0.2, 0.25) is 11.8 Å². The minimum atomic E-state index is 0.0105. The van der Waals surface area contributed by atoms with Gasteiger partial charge >= 0.3 is 0 Å². The number of carbonyl (C=O) groups excluding carboxylic acids is 2. The summed E-state index contributed by atoms with van der Waals surface area (Å²) in [4.78, 5) is 33.3. The summed E-state index contributed by atoms with van der Waals surface area (Å²) in [6, 6.07) is 3.93. The van der Waals surface area contributed by atoms with Gasteiger partial charge in [-0.1, -0.05) is 26.8 Å². The van der Waals surface area contributed by atoms with Crippen LogP contribution in [0, 0.1) is 10.8 Å². The predicted octanol–water partition coefficient (Wildman–Crippen LogP) is 3.25. The molecule has 0 bridgehead atoms. The molecule has 5 nitrogen and oxygen atoms in total. The molecule has 1 atom stereocenters. The fraction of sp³-hybridized carbons (Fsp3) is 0.667. The number of hydrogen-bond donors (Lipinski definition) is 0. The molecule has 2 saturated heterocycles. The van der Waals surface area contributed by atoms with Crippen LogP contribution in [0.4, 0.5) is 0 Å². The Bertz CT molecular complexity index is 653. The second-order valence-electron chi connectivity index (χ2n) is 9.27. The van der Waals surface area contributed by atoms with E-state index in [1.807, 2.05) is 28.1 Å². The number of nitrogens with zero attached hydrogens (tertiary/aromatic N) is 3. The average molecular weight is 357 g/mol. The molecule has 3 heterocycles. The third-order valence-electron chi connectivity index (χ3n) is 5.54. The first-order valence-electron chi connectivity index (χ1n) is 9.71. The largest absolute Gasteiger partial charge is 0.342 e. The summed E-state index contributed by atoms with van der Waals surface area (Å²) in [6.45, 7) is 9.34. The Morgan fingerprint density at radius 1 is 1.27 bits per heavy atom. The van der Waals surface area contributed by atoms with Crippen molar-refractivity contribution in [1.29, 1.82) is 0 Å². The fourth-order valence-electron chi connectivity index (χ4n) is 4.28. The molecule has 1 unspecified atom stereocenters. The van der Waals surface area contributed by atoms with E-state index < -0.39 is 0 Å². The number of piperidine rings is 2. The molecular weight excluding hydrogens is 326 g/mol. The van der Waals surface area contributed by atoms with E-state index in [4.69, 9.17) is 0 Å². The van der Waals surface area contributed by atoms with Gasteiger partial charge in [0.05, 0.1) is 0 Å². The maximum Gasteiger partial charge on any atom is 0.223 e. The standard InChI is InChI=1S/C21H31N3O2/c1-20(2,3)12-19(26)23-11-5-8-21(15-23)9-7-18(25)24(16-21)14-17-6-4-10-22-13-17/h4,6,10,13H,5,7-9,11-12,14-16H2,1-3H3. The van der Waals surface area contributed by atoms with Gasteiger partial charge < -0.3 is 9.80 Å². The van der Waals surface area contributed by atoms with Gasteiger partial charge in [0.25, 0.3) is 0 Å². The van der Waals surface area contributed by atoms with Crippen molar-refractivity contribution in [3.63, 3.8) is 0 Å². The summed E-state index contributed by atoms with van der Waals surface area (Å²) in [5.41, 5.74) is 1.13. The molecule has 0 aromatic carbocycles. The summed E-state index contributed by atoms with van der Waals surface area (Å²) in [5.74, 6) is 0.477. The number of likely N-dealkylation sites (tertiary alicyclic amines) is 2. The number of aromatic nitrogens is 1. The highest BCUT2D eigenvalue weighted by molar-refractivity contribution is 5.78. The molecule has 5 heteroatoms. The molecular formula is C21H31N3O2. The van der Waals surface area contributed by atoms with E-state index in [1.54, 1.807) is 6.20 Å². The van der Waals surface area contributed by atoms with Crippen LogP contribution in [0.25, 0.3) is 0 Å². The summed E-state index contributed by atoms with van der Waals surface area (Å²) in [5, 5.41) is 0. The van der Waals surface area contributed by atoms with E-state index in [0.717, 1.165) is 44.5 Å².